The Kier molecular flexibility index (Phi) is 3.68. The van der Waals surface area contributed by atoms with Gasteiger partial charge in [-0.2, -0.15) is 5.26 Å². The Hall–Kier alpha value is -2.83. The molecule has 0 bridgehead atoms. The minimum absolute atomic E-state index is 0.666. The molecule has 0 fully saturated rings. The molecule has 0 aliphatic rings. The van der Waals surface area contributed by atoms with Crippen molar-refractivity contribution in [1.29, 1.82) is 5.26 Å². The minimum atomic E-state index is 0.666. The monoisotopic (exact) mass is 372 g/mol. The Morgan fingerprint density at radius 3 is 2.29 bits per heavy atom. The zero-order valence-corrected chi connectivity index (χ0v) is 14.4. The van der Waals surface area contributed by atoms with Crippen LogP contribution in [0.2, 0.25) is 0 Å². The topological polar surface area (TPSA) is 28.7 Å². The molecule has 0 aliphatic heterocycles. The van der Waals surface area contributed by atoms with E-state index in [0.717, 1.165) is 26.9 Å². The fourth-order valence-corrected chi connectivity index (χ4v) is 3.35. The van der Waals surface area contributed by atoms with Crippen LogP contribution in [0.5, 0.6) is 0 Å². The van der Waals surface area contributed by atoms with Gasteiger partial charge in [-0.25, -0.2) is 0 Å². The zero-order valence-electron chi connectivity index (χ0n) is 12.8. The Morgan fingerprint density at radius 2 is 1.58 bits per heavy atom. The third kappa shape index (κ3) is 2.51. The van der Waals surface area contributed by atoms with Crippen molar-refractivity contribution in [2.45, 2.75) is 0 Å². The predicted octanol–water partition coefficient (Wildman–Crippen LogP) is 5.93. The van der Waals surface area contributed by atoms with Crippen LogP contribution in [0.4, 0.5) is 0 Å². The third-order valence-corrected chi connectivity index (χ3v) is 4.58. The van der Waals surface area contributed by atoms with E-state index in [2.05, 4.69) is 63.0 Å². The number of nitrogens with zero attached hydrogens (tertiary/aromatic N) is 2. The van der Waals surface area contributed by atoms with Crippen LogP contribution in [0.1, 0.15) is 5.56 Å². The van der Waals surface area contributed by atoms with Gasteiger partial charge in [0.15, 0.2) is 0 Å². The highest BCUT2D eigenvalue weighted by molar-refractivity contribution is 9.10. The lowest BCUT2D eigenvalue weighted by molar-refractivity contribution is 1.13. The average molecular weight is 373 g/mol. The highest BCUT2D eigenvalue weighted by Gasteiger charge is 2.12. The quantitative estimate of drug-likeness (QED) is 0.428. The second kappa shape index (κ2) is 5.99. The second-order valence-corrected chi connectivity index (χ2v) is 6.51. The molecule has 0 saturated carbocycles. The lowest BCUT2D eigenvalue weighted by Gasteiger charge is -2.11. The molecule has 1 heterocycles. The summed E-state index contributed by atoms with van der Waals surface area (Å²) in [7, 11) is 0. The van der Waals surface area contributed by atoms with Gasteiger partial charge in [-0.3, -0.25) is 0 Å². The summed E-state index contributed by atoms with van der Waals surface area (Å²) in [4.78, 5) is 0. The molecule has 0 amide bonds. The lowest BCUT2D eigenvalue weighted by Crippen LogP contribution is -1.96. The SMILES string of the molecule is N#Cc1ccc(-n2c(-c3ccccc3)cc3cc(Br)ccc32)cc1. The van der Waals surface area contributed by atoms with Crippen LogP contribution in [-0.4, -0.2) is 4.57 Å². The molecule has 0 aliphatic carbocycles. The second-order valence-electron chi connectivity index (χ2n) is 5.59. The molecule has 2 nitrogen and oxygen atoms in total. The van der Waals surface area contributed by atoms with E-state index < -0.39 is 0 Å². The summed E-state index contributed by atoms with van der Waals surface area (Å²) in [5.41, 5.74) is 5.15. The van der Waals surface area contributed by atoms with Crippen LogP contribution in [0.25, 0.3) is 27.8 Å². The van der Waals surface area contributed by atoms with E-state index in [1.807, 2.05) is 42.5 Å². The first-order valence-electron chi connectivity index (χ1n) is 7.63. The van der Waals surface area contributed by atoms with Crippen molar-refractivity contribution in [3.8, 4) is 23.0 Å². The van der Waals surface area contributed by atoms with Gasteiger partial charge in [0.05, 0.1) is 22.8 Å². The van der Waals surface area contributed by atoms with Crippen molar-refractivity contribution in [3.05, 3.63) is 88.9 Å². The highest BCUT2D eigenvalue weighted by Crippen LogP contribution is 2.33. The summed E-state index contributed by atoms with van der Waals surface area (Å²) in [6.07, 6.45) is 0. The number of benzene rings is 3. The summed E-state index contributed by atoms with van der Waals surface area (Å²) >= 11 is 3.55. The van der Waals surface area contributed by atoms with Crippen LogP contribution in [-0.2, 0) is 0 Å². The van der Waals surface area contributed by atoms with E-state index in [1.165, 1.54) is 5.39 Å². The summed E-state index contributed by atoms with van der Waals surface area (Å²) in [5.74, 6) is 0. The summed E-state index contributed by atoms with van der Waals surface area (Å²) in [6.45, 7) is 0. The van der Waals surface area contributed by atoms with Crippen molar-refractivity contribution >= 4 is 26.8 Å². The van der Waals surface area contributed by atoms with Crippen LogP contribution >= 0.6 is 15.9 Å². The minimum Gasteiger partial charge on any atom is -0.309 e. The Labute approximate surface area is 148 Å². The molecule has 3 aromatic carbocycles. The van der Waals surface area contributed by atoms with E-state index in [4.69, 9.17) is 5.26 Å². The number of nitriles is 1. The maximum atomic E-state index is 9.03. The lowest BCUT2D eigenvalue weighted by atomic mass is 10.1. The van der Waals surface area contributed by atoms with Gasteiger partial charge in [0.25, 0.3) is 0 Å². The molecule has 3 heteroatoms. The van der Waals surface area contributed by atoms with Gasteiger partial charge in [-0.05, 0) is 54.1 Å². The van der Waals surface area contributed by atoms with Crippen LogP contribution in [0, 0.1) is 11.3 Å². The number of aromatic nitrogens is 1. The molecule has 1 aromatic heterocycles. The fourth-order valence-electron chi connectivity index (χ4n) is 2.97. The maximum Gasteiger partial charge on any atom is 0.0991 e. The van der Waals surface area contributed by atoms with E-state index in [9.17, 15) is 0 Å². The molecule has 0 atom stereocenters. The summed E-state index contributed by atoms with van der Waals surface area (Å²) in [6, 6.07) is 28.7. The molecule has 0 N–H and O–H groups in total. The first-order valence-corrected chi connectivity index (χ1v) is 8.42. The number of halogens is 1. The van der Waals surface area contributed by atoms with E-state index in [0.29, 0.717) is 5.56 Å². The van der Waals surface area contributed by atoms with Gasteiger partial charge in [0, 0.05) is 15.5 Å². The van der Waals surface area contributed by atoms with Crippen LogP contribution in [0.3, 0.4) is 0 Å². The van der Waals surface area contributed by atoms with Gasteiger partial charge in [0.1, 0.15) is 0 Å². The van der Waals surface area contributed by atoms with E-state index >= 15 is 0 Å². The molecular formula is C21H13BrN2. The van der Waals surface area contributed by atoms with Crippen molar-refractivity contribution in [2.75, 3.05) is 0 Å². The first kappa shape index (κ1) is 14.7. The normalized spacial score (nSPS) is 10.7. The molecular weight excluding hydrogens is 360 g/mol. The smallest absolute Gasteiger partial charge is 0.0991 e. The highest BCUT2D eigenvalue weighted by atomic mass is 79.9. The van der Waals surface area contributed by atoms with Crippen molar-refractivity contribution in [1.82, 2.24) is 4.57 Å². The van der Waals surface area contributed by atoms with Crippen molar-refractivity contribution < 1.29 is 0 Å². The van der Waals surface area contributed by atoms with Gasteiger partial charge in [-0.1, -0.05) is 46.3 Å². The van der Waals surface area contributed by atoms with E-state index in [1.54, 1.807) is 0 Å². The molecule has 4 rings (SSSR count). The Morgan fingerprint density at radius 1 is 0.833 bits per heavy atom. The fraction of sp³-hybridized carbons (Fsp3) is 0. The Balaban J connectivity index is 2.02. The molecule has 0 radical (unpaired) electrons. The zero-order chi connectivity index (χ0) is 16.5. The number of fused-ring (bicyclic) bond motifs is 1. The Bertz CT molecular complexity index is 1050. The first-order chi connectivity index (χ1) is 11.8. The van der Waals surface area contributed by atoms with Gasteiger partial charge < -0.3 is 4.57 Å². The van der Waals surface area contributed by atoms with E-state index in [-0.39, 0.29) is 0 Å². The molecule has 0 spiro atoms. The number of hydrogen-bond donors (Lipinski definition) is 0. The largest absolute Gasteiger partial charge is 0.309 e. The van der Waals surface area contributed by atoms with Gasteiger partial charge >= 0.3 is 0 Å². The van der Waals surface area contributed by atoms with Crippen LogP contribution in [0.15, 0.2) is 83.3 Å². The molecule has 114 valence electrons. The summed E-state index contributed by atoms with van der Waals surface area (Å²) < 4.78 is 3.30. The summed E-state index contributed by atoms with van der Waals surface area (Å²) in [5, 5.41) is 10.2. The van der Waals surface area contributed by atoms with Gasteiger partial charge in [0.2, 0.25) is 0 Å². The molecule has 0 saturated heterocycles. The molecule has 0 unspecified atom stereocenters. The number of rotatable bonds is 2. The van der Waals surface area contributed by atoms with Gasteiger partial charge in [-0.15, -0.1) is 0 Å². The standard InChI is InChI=1S/C21H13BrN2/c22-18-8-11-20-17(12-18)13-21(16-4-2-1-3-5-16)24(20)19-9-6-15(14-23)7-10-19/h1-13H. The molecule has 24 heavy (non-hydrogen) atoms. The predicted molar refractivity (Wildman–Crippen MR) is 101 cm³/mol. The van der Waals surface area contributed by atoms with Crippen molar-refractivity contribution in [2.24, 2.45) is 0 Å². The average Bonchev–Trinajstić information content (AvgIpc) is 3.01. The number of hydrogen-bond acceptors (Lipinski definition) is 1. The van der Waals surface area contributed by atoms with Crippen molar-refractivity contribution in [3.63, 3.8) is 0 Å². The third-order valence-electron chi connectivity index (χ3n) is 4.09. The van der Waals surface area contributed by atoms with Crippen LogP contribution < -0.4 is 0 Å². The maximum absolute atomic E-state index is 9.03. The molecule has 4 aromatic rings.